The van der Waals surface area contributed by atoms with Crippen LogP contribution in [0.5, 0.6) is 0 Å². The van der Waals surface area contributed by atoms with Crippen LogP contribution < -0.4 is 5.32 Å². The summed E-state index contributed by atoms with van der Waals surface area (Å²) in [6.45, 7) is 4.90. The molecule has 22 heavy (non-hydrogen) atoms. The van der Waals surface area contributed by atoms with Gasteiger partial charge in [-0.05, 0) is 26.0 Å². The monoisotopic (exact) mass is 333 g/mol. The molecule has 0 unspecified atom stereocenters. The number of nitrogens with one attached hydrogen (secondary N) is 1. The number of anilines is 1. The van der Waals surface area contributed by atoms with E-state index in [0.29, 0.717) is 17.5 Å². The fourth-order valence-corrected chi connectivity index (χ4v) is 3.49. The molecule has 3 rings (SSSR count). The first-order chi connectivity index (χ1) is 10.7. The summed E-state index contributed by atoms with van der Waals surface area (Å²) in [5.74, 6) is 1.81. The Bertz CT molecular complexity index is 755. The lowest BCUT2D eigenvalue weighted by Gasteiger charge is -1.95. The van der Waals surface area contributed by atoms with Gasteiger partial charge in [0.05, 0.1) is 5.75 Å². The third kappa shape index (κ3) is 3.63. The maximum Gasteiger partial charge on any atom is 0.257 e. The van der Waals surface area contributed by atoms with Gasteiger partial charge in [-0.3, -0.25) is 0 Å². The minimum Gasteiger partial charge on any atom is -0.360 e. The van der Waals surface area contributed by atoms with Crippen molar-refractivity contribution in [1.29, 1.82) is 0 Å². The summed E-state index contributed by atoms with van der Waals surface area (Å²) in [4.78, 5) is 4.42. The second-order valence-corrected chi connectivity index (χ2v) is 6.78. The van der Waals surface area contributed by atoms with Gasteiger partial charge < -0.3 is 9.84 Å². The van der Waals surface area contributed by atoms with Crippen LogP contribution in [0.1, 0.15) is 18.3 Å². The fourth-order valence-electron chi connectivity index (χ4n) is 1.82. The van der Waals surface area contributed by atoms with Gasteiger partial charge in [0.1, 0.15) is 0 Å². The fraction of sp³-hybridized carbons (Fsp3) is 0.286. The van der Waals surface area contributed by atoms with Crippen molar-refractivity contribution >= 4 is 28.2 Å². The number of hydrogen-bond donors (Lipinski definition) is 1. The second-order valence-electron chi connectivity index (χ2n) is 4.58. The summed E-state index contributed by atoms with van der Waals surface area (Å²) in [5.41, 5.74) is 2.10. The second kappa shape index (κ2) is 6.89. The maximum atomic E-state index is 5.32. The Labute approximate surface area is 136 Å². The quantitative estimate of drug-likeness (QED) is 0.690. The first-order valence-electron chi connectivity index (χ1n) is 6.84. The first-order valence-corrected chi connectivity index (χ1v) is 8.64. The van der Waals surface area contributed by atoms with E-state index in [1.54, 1.807) is 11.8 Å². The number of nitrogens with zero attached hydrogens (tertiary/aromatic N) is 4. The van der Waals surface area contributed by atoms with Crippen molar-refractivity contribution in [3.8, 4) is 11.5 Å². The van der Waals surface area contributed by atoms with Crippen LogP contribution >= 0.6 is 23.1 Å². The van der Waals surface area contributed by atoms with Crippen LogP contribution in [0.25, 0.3) is 11.5 Å². The summed E-state index contributed by atoms with van der Waals surface area (Å²) in [6.07, 6.45) is 0. The molecule has 0 bridgehead atoms. The standard InChI is InChI=1S/C14H15N5OS2/c1-3-15-13-17-18-14(22-13)21-8-11-16-12(20-19-11)10-6-4-5-9(2)7-10/h4-7H,3,8H2,1-2H3,(H,15,17). The topological polar surface area (TPSA) is 76.7 Å². The van der Waals surface area contributed by atoms with E-state index in [2.05, 4.69) is 25.7 Å². The number of benzene rings is 1. The zero-order valence-electron chi connectivity index (χ0n) is 12.2. The Balaban J connectivity index is 1.64. The van der Waals surface area contributed by atoms with Crippen LogP contribution in [-0.2, 0) is 5.75 Å². The van der Waals surface area contributed by atoms with Crippen LogP contribution in [0.15, 0.2) is 33.1 Å². The molecule has 1 aromatic carbocycles. The van der Waals surface area contributed by atoms with Gasteiger partial charge in [0, 0.05) is 12.1 Å². The lowest BCUT2D eigenvalue weighted by molar-refractivity contribution is 0.425. The lowest BCUT2D eigenvalue weighted by Crippen LogP contribution is -1.94. The van der Waals surface area contributed by atoms with Gasteiger partial charge in [-0.2, -0.15) is 4.98 Å². The highest BCUT2D eigenvalue weighted by molar-refractivity contribution is 8.00. The molecule has 2 heterocycles. The highest BCUT2D eigenvalue weighted by Gasteiger charge is 2.11. The van der Waals surface area contributed by atoms with Crippen LogP contribution in [0.2, 0.25) is 0 Å². The Kier molecular flexibility index (Phi) is 4.69. The average molecular weight is 333 g/mol. The van der Waals surface area contributed by atoms with E-state index < -0.39 is 0 Å². The molecular formula is C14H15N5OS2. The largest absolute Gasteiger partial charge is 0.360 e. The minimum atomic E-state index is 0.546. The van der Waals surface area contributed by atoms with Gasteiger partial charge in [-0.1, -0.05) is 46.0 Å². The molecule has 0 atom stereocenters. The molecule has 0 saturated heterocycles. The van der Waals surface area contributed by atoms with E-state index in [1.807, 2.05) is 38.1 Å². The molecule has 0 radical (unpaired) electrons. The van der Waals surface area contributed by atoms with Gasteiger partial charge in [0.25, 0.3) is 5.89 Å². The summed E-state index contributed by atoms with van der Waals surface area (Å²) in [7, 11) is 0. The molecule has 0 aliphatic rings. The van der Waals surface area contributed by atoms with Gasteiger partial charge in [-0.25, -0.2) is 0 Å². The molecule has 0 saturated carbocycles. The summed E-state index contributed by atoms with van der Waals surface area (Å²) in [6, 6.07) is 8.00. The molecule has 6 nitrogen and oxygen atoms in total. The summed E-state index contributed by atoms with van der Waals surface area (Å²) >= 11 is 3.08. The van der Waals surface area contributed by atoms with E-state index in [0.717, 1.165) is 27.1 Å². The smallest absolute Gasteiger partial charge is 0.257 e. The van der Waals surface area contributed by atoms with Crippen LogP contribution in [0.3, 0.4) is 0 Å². The third-order valence-electron chi connectivity index (χ3n) is 2.79. The zero-order chi connectivity index (χ0) is 15.4. The molecule has 114 valence electrons. The molecule has 0 aliphatic heterocycles. The number of thioether (sulfide) groups is 1. The number of hydrogen-bond acceptors (Lipinski definition) is 8. The van der Waals surface area contributed by atoms with E-state index in [9.17, 15) is 0 Å². The van der Waals surface area contributed by atoms with Crippen molar-refractivity contribution in [2.24, 2.45) is 0 Å². The predicted molar refractivity (Wildman–Crippen MR) is 88.1 cm³/mol. The zero-order valence-corrected chi connectivity index (χ0v) is 13.9. The number of aromatic nitrogens is 4. The van der Waals surface area contributed by atoms with Crippen molar-refractivity contribution in [1.82, 2.24) is 20.3 Å². The normalized spacial score (nSPS) is 10.8. The molecular weight excluding hydrogens is 318 g/mol. The van der Waals surface area contributed by atoms with Crippen molar-refractivity contribution in [2.45, 2.75) is 23.9 Å². The van der Waals surface area contributed by atoms with Crippen LogP contribution in [-0.4, -0.2) is 26.9 Å². The molecule has 8 heteroatoms. The Hall–Kier alpha value is -1.93. The van der Waals surface area contributed by atoms with Crippen LogP contribution in [0, 0.1) is 6.92 Å². The van der Waals surface area contributed by atoms with E-state index in [4.69, 9.17) is 4.52 Å². The van der Waals surface area contributed by atoms with E-state index >= 15 is 0 Å². The van der Waals surface area contributed by atoms with Gasteiger partial charge in [0.2, 0.25) is 5.13 Å². The predicted octanol–water partition coefficient (Wildman–Crippen LogP) is 3.62. The molecule has 1 N–H and O–H groups in total. The minimum absolute atomic E-state index is 0.546. The molecule has 0 amide bonds. The molecule has 0 fully saturated rings. The molecule has 0 aliphatic carbocycles. The van der Waals surface area contributed by atoms with Crippen molar-refractivity contribution in [2.75, 3.05) is 11.9 Å². The Morgan fingerprint density at radius 3 is 3.05 bits per heavy atom. The molecule has 2 aromatic heterocycles. The summed E-state index contributed by atoms with van der Waals surface area (Å²) < 4.78 is 6.21. The Morgan fingerprint density at radius 2 is 2.23 bits per heavy atom. The third-order valence-corrected chi connectivity index (χ3v) is 4.80. The van der Waals surface area contributed by atoms with E-state index in [-0.39, 0.29) is 0 Å². The molecule has 0 spiro atoms. The van der Waals surface area contributed by atoms with E-state index in [1.165, 1.54) is 11.3 Å². The van der Waals surface area contributed by atoms with Gasteiger partial charge in [-0.15, -0.1) is 10.2 Å². The lowest BCUT2D eigenvalue weighted by atomic mass is 10.1. The van der Waals surface area contributed by atoms with Crippen molar-refractivity contribution in [3.05, 3.63) is 35.7 Å². The highest BCUT2D eigenvalue weighted by Crippen LogP contribution is 2.28. The van der Waals surface area contributed by atoms with Gasteiger partial charge in [0.15, 0.2) is 10.2 Å². The first kappa shape index (κ1) is 15.0. The SMILES string of the molecule is CCNc1nnc(SCc2noc(-c3cccc(C)c3)n2)s1. The summed E-state index contributed by atoms with van der Waals surface area (Å²) in [5, 5.41) is 16.1. The van der Waals surface area contributed by atoms with Gasteiger partial charge >= 0.3 is 0 Å². The van der Waals surface area contributed by atoms with Crippen molar-refractivity contribution < 1.29 is 4.52 Å². The molecule has 3 aromatic rings. The van der Waals surface area contributed by atoms with Crippen molar-refractivity contribution in [3.63, 3.8) is 0 Å². The maximum absolute atomic E-state index is 5.32. The van der Waals surface area contributed by atoms with Crippen LogP contribution in [0.4, 0.5) is 5.13 Å². The number of rotatable bonds is 6. The Morgan fingerprint density at radius 1 is 1.32 bits per heavy atom. The highest BCUT2D eigenvalue weighted by atomic mass is 32.2. The number of aryl methyl sites for hydroxylation is 1. The average Bonchev–Trinajstić information content (AvgIpc) is 3.15.